The Labute approximate surface area is 156 Å². The normalized spacial score (nSPS) is 18.8. The average molecular weight is 357 g/mol. The van der Waals surface area contributed by atoms with E-state index in [1.807, 2.05) is 19.1 Å². The van der Waals surface area contributed by atoms with Crippen LogP contribution >= 0.6 is 11.3 Å². The van der Waals surface area contributed by atoms with E-state index in [2.05, 4.69) is 52.5 Å². The molecule has 0 atom stereocenters. The number of esters is 1. The summed E-state index contributed by atoms with van der Waals surface area (Å²) < 4.78 is 5.00. The first-order valence-electron chi connectivity index (χ1n) is 8.84. The minimum atomic E-state index is -0.275. The molecule has 1 aliphatic carbocycles. The van der Waals surface area contributed by atoms with Gasteiger partial charge in [0.25, 0.3) is 0 Å². The molecule has 0 bridgehead atoms. The van der Waals surface area contributed by atoms with Crippen LogP contribution in [0.3, 0.4) is 0 Å². The molecule has 134 valence electrons. The third-order valence-corrected chi connectivity index (χ3v) is 6.12. The standard InChI is InChI=1S/C22H28O2S/c1-7-24-20(23)19-13-12-17(25-19)10-8-9-11-18-16(2)21(3,4)14-15-22(18,5)6/h9,11-13H,7,14-15H2,1-6H3. The van der Waals surface area contributed by atoms with Crippen LogP contribution in [0.1, 0.15) is 68.9 Å². The summed E-state index contributed by atoms with van der Waals surface area (Å²) in [5.74, 6) is 5.95. The van der Waals surface area contributed by atoms with Gasteiger partial charge in [-0.2, -0.15) is 0 Å². The minimum absolute atomic E-state index is 0.192. The molecule has 25 heavy (non-hydrogen) atoms. The Morgan fingerprint density at radius 3 is 2.60 bits per heavy atom. The Kier molecular flexibility index (Phi) is 5.95. The summed E-state index contributed by atoms with van der Waals surface area (Å²) in [4.78, 5) is 13.2. The van der Waals surface area contributed by atoms with Gasteiger partial charge >= 0.3 is 5.97 Å². The van der Waals surface area contributed by atoms with E-state index in [0.717, 1.165) is 4.88 Å². The molecule has 2 nitrogen and oxygen atoms in total. The number of thiophene rings is 1. The molecule has 1 heterocycles. The van der Waals surface area contributed by atoms with Crippen molar-refractivity contribution in [1.82, 2.24) is 0 Å². The summed E-state index contributed by atoms with van der Waals surface area (Å²) in [7, 11) is 0. The molecule has 1 aromatic rings. The zero-order valence-electron chi connectivity index (χ0n) is 16.2. The van der Waals surface area contributed by atoms with E-state index in [4.69, 9.17) is 4.74 Å². The first-order valence-corrected chi connectivity index (χ1v) is 9.66. The Morgan fingerprint density at radius 1 is 1.24 bits per heavy atom. The Morgan fingerprint density at radius 2 is 1.92 bits per heavy atom. The molecular weight excluding hydrogens is 328 g/mol. The monoisotopic (exact) mass is 356 g/mol. The van der Waals surface area contributed by atoms with Crippen LogP contribution in [0.25, 0.3) is 0 Å². The van der Waals surface area contributed by atoms with Gasteiger partial charge in [-0.05, 0) is 61.3 Å². The van der Waals surface area contributed by atoms with Gasteiger partial charge in [0.2, 0.25) is 0 Å². The second kappa shape index (κ2) is 7.62. The topological polar surface area (TPSA) is 26.3 Å². The lowest BCUT2D eigenvalue weighted by molar-refractivity contribution is 0.0532. The van der Waals surface area contributed by atoms with Crippen LogP contribution in [0.15, 0.2) is 35.4 Å². The maximum absolute atomic E-state index is 11.7. The molecule has 2 rings (SSSR count). The average Bonchev–Trinajstić information content (AvgIpc) is 3.00. The number of carbonyl (C=O) groups excluding carboxylic acids is 1. The van der Waals surface area contributed by atoms with Crippen molar-refractivity contribution in [3.8, 4) is 11.8 Å². The molecule has 0 amide bonds. The molecule has 0 radical (unpaired) electrons. The van der Waals surface area contributed by atoms with Crippen molar-refractivity contribution < 1.29 is 9.53 Å². The highest BCUT2D eigenvalue weighted by Gasteiger charge is 2.35. The molecule has 0 N–H and O–H groups in total. The summed E-state index contributed by atoms with van der Waals surface area (Å²) in [6.07, 6.45) is 6.52. The maximum atomic E-state index is 11.7. The second-order valence-electron chi connectivity index (χ2n) is 7.79. The van der Waals surface area contributed by atoms with Crippen molar-refractivity contribution in [2.45, 2.75) is 54.4 Å². The largest absolute Gasteiger partial charge is 0.462 e. The van der Waals surface area contributed by atoms with E-state index in [1.54, 1.807) is 6.07 Å². The van der Waals surface area contributed by atoms with E-state index >= 15 is 0 Å². The van der Waals surface area contributed by atoms with Crippen LogP contribution in [0.2, 0.25) is 0 Å². The van der Waals surface area contributed by atoms with Gasteiger partial charge in [0.05, 0.1) is 11.5 Å². The van der Waals surface area contributed by atoms with Crippen molar-refractivity contribution >= 4 is 17.3 Å². The summed E-state index contributed by atoms with van der Waals surface area (Å²) in [5, 5.41) is 0. The molecule has 3 heteroatoms. The Hall–Kier alpha value is -1.79. The molecule has 1 aromatic heterocycles. The lowest BCUT2D eigenvalue weighted by Gasteiger charge is -2.41. The molecule has 0 aromatic carbocycles. The fourth-order valence-corrected chi connectivity index (χ4v) is 3.89. The third-order valence-electron chi connectivity index (χ3n) is 5.13. The smallest absolute Gasteiger partial charge is 0.348 e. The highest BCUT2D eigenvalue weighted by molar-refractivity contribution is 7.14. The van der Waals surface area contributed by atoms with E-state index in [9.17, 15) is 4.79 Å². The molecule has 0 fully saturated rings. The van der Waals surface area contributed by atoms with Gasteiger partial charge < -0.3 is 4.74 Å². The predicted octanol–water partition coefficient (Wildman–Crippen LogP) is 6.00. The van der Waals surface area contributed by atoms with Crippen LogP contribution in [-0.2, 0) is 4.74 Å². The SMILES string of the molecule is CCOC(=O)c1ccc(C#CC=CC2=C(C)C(C)(C)CCC2(C)C)s1. The number of allylic oxidation sites excluding steroid dienone is 4. The van der Waals surface area contributed by atoms with Crippen LogP contribution in [0, 0.1) is 22.7 Å². The molecule has 1 aliphatic rings. The van der Waals surface area contributed by atoms with Gasteiger partial charge in [-0.1, -0.05) is 51.2 Å². The van der Waals surface area contributed by atoms with Gasteiger partial charge in [-0.25, -0.2) is 4.79 Å². The lowest BCUT2D eigenvalue weighted by atomic mass is 9.63. The van der Waals surface area contributed by atoms with Crippen LogP contribution in [0.4, 0.5) is 0 Å². The van der Waals surface area contributed by atoms with Crippen LogP contribution in [-0.4, -0.2) is 12.6 Å². The van der Waals surface area contributed by atoms with E-state index < -0.39 is 0 Å². The fourth-order valence-electron chi connectivity index (χ4n) is 3.12. The number of hydrogen-bond acceptors (Lipinski definition) is 3. The summed E-state index contributed by atoms with van der Waals surface area (Å²) in [6, 6.07) is 3.64. The van der Waals surface area contributed by atoms with Gasteiger partial charge in [0.1, 0.15) is 4.88 Å². The zero-order valence-corrected chi connectivity index (χ0v) is 17.0. The van der Waals surface area contributed by atoms with Crippen molar-refractivity contribution in [1.29, 1.82) is 0 Å². The second-order valence-corrected chi connectivity index (χ2v) is 8.88. The fraction of sp³-hybridized carbons (Fsp3) is 0.500. The van der Waals surface area contributed by atoms with E-state index in [-0.39, 0.29) is 16.8 Å². The first kappa shape index (κ1) is 19.5. The van der Waals surface area contributed by atoms with Gasteiger partial charge in [0, 0.05) is 0 Å². The predicted molar refractivity (Wildman–Crippen MR) is 106 cm³/mol. The molecule has 0 saturated heterocycles. The molecule has 0 unspecified atom stereocenters. The van der Waals surface area contributed by atoms with Crippen molar-refractivity contribution in [2.24, 2.45) is 10.8 Å². The van der Waals surface area contributed by atoms with Crippen LogP contribution in [0.5, 0.6) is 0 Å². The number of hydrogen-bond donors (Lipinski definition) is 0. The van der Waals surface area contributed by atoms with E-state index in [1.165, 1.54) is 35.3 Å². The third kappa shape index (κ3) is 4.64. The van der Waals surface area contributed by atoms with Crippen molar-refractivity contribution in [3.05, 3.63) is 45.2 Å². The molecule has 0 spiro atoms. The quantitative estimate of drug-likeness (QED) is 0.491. The summed E-state index contributed by atoms with van der Waals surface area (Å²) in [5.41, 5.74) is 3.31. The van der Waals surface area contributed by atoms with E-state index in [0.29, 0.717) is 11.5 Å². The highest BCUT2D eigenvalue weighted by Crippen LogP contribution is 2.48. The maximum Gasteiger partial charge on any atom is 0.348 e. The van der Waals surface area contributed by atoms with Gasteiger partial charge in [0.15, 0.2) is 0 Å². The molecular formula is C22H28O2S. The molecule has 0 saturated carbocycles. The minimum Gasteiger partial charge on any atom is -0.462 e. The number of rotatable bonds is 3. The summed E-state index contributed by atoms with van der Waals surface area (Å²) >= 11 is 1.37. The zero-order chi connectivity index (χ0) is 18.7. The Balaban J connectivity index is 2.16. The van der Waals surface area contributed by atoms with Gasteiger partial charge in [-0.3, -0.25) is 0 Å². The van der Waals surface area contributed by atoms with Gasteiger partial charge in [-0.15, -0.1) is 11.3 Å². The number of ether oxygens (including phenoxy) is 1. The summed E-state index contributed by atoms with van der Waals surface area (Å²) in [6.45, 7) is 13.7. The Bertz CT molecular complexity index is 763. The molecule has 0 aliphatic heterocycles. The van der Waals surface area contributed by atoms with Crippen molar-refractivity contribution in [3.63, 3.8) is 0 Å². The highest BCUT2D eigenvalue weighted by atomic mass is 32.1. The van der Waals surface area contributed by atoms with Crippen molar-refractivity contribution in [2.75, 3.05) is 6.61 Å². The first-order chi connectivity index (χ1) is 11.7. The lowest BCUT2D eigenvalue weighted by Crippen LogP contribution is -2.29. The van der Waals surface area contributed by atoms with Crippen LogP contribution < -0.4 is 0 Å². The number of carbonyl (C=O) groups is 1.